The van der Waals surface area contributed by atoms with Crippen LogP contribution in [0, 0.1) is 0 Å². The van der Waals surface area contributed by atoms with Crippen LogP contribution in [0.5, 0.6) is 46.0 Å². The molecule has 2 heterocycles. The van der Waals surface area contributed by atoms with Crippen LogP contribution in [0.15, 0.2) is 116 Å². The number of aromatic nitrogens is 4. The summed E-state index contributed by atoms with van der Waals surface area (Å²) in [5, 5.41) is 14.5. The van der Waals surface area contributed by atoms with Crippen molar-refractivity contribution in [3.8, 4) is 46.0 Å². The van der Waals surface area contributed by atoms with Gasteiger partial charge >= 0.3 is 0 Å². The number of methoxy groups -OCH3 is 4. The lowest BCUT2D eigenvalue weighted by atomic mass is 9.79. The van der Waals surface area contributed by atoms with E-state index < -0.39 is 0 Å². The molecule has 0 radical (unpaired) electrons. The molecule has 102 heavy (non-hydrogen) atoms. The van der Waals surface area contributed by atoms with Crippen molar-refractivity contribution in [1.29, 1.82) is 0 Å². The molecular weight excluding hydrogens is 1270 g/mol. The molecule has 13 nitrogen and oxygen atoms in total. The lowest BCUT2D eigenvalue weighted by Gasteiger charge is -2.29. The average Bonchev–Trinajstić information content (AvgIpc) is 0.818. The van der Waals surface area contributed by atoms with Crippen molar-refractivity contribution < 1.29 is 38.3 Å². The fraction of sp³-hybridized carbons (Fsp3) is 0.461. The Hall–Kier alpha value is -8.68. The van der Waals surface area contributed by atoms with Gasteiger partial charge in [0.15, 0.2) is 0 Å². The Bertz CT molecular complexity index is 4250. The maximum atomic E-state index is 11.0. The van der Waals surface area contributed by atoms with E-state index in [1.807, 2.05) is 75.4 Å². The van der Waals surface area contributed by atoms with E-state index in [0.29, 0.717) is 64.0 Å². The number of nitrogens with one attached hydrogen (secondary N) is 1. The van der Waals surface area contributed by atoms with Gasteiger partial charge in [0.2, 0.25) is 0 Å². The molecule has 544 valence electrons. The third-order valence-corrected chi connectivity index (χ3v) is 20.2. The summed E-state index contributed by atoms with van der Waals surface area (Å²) in [7, 11) is 11.1. The van der Waals surface area contributed by atoms with E-state index in [1.54, 1.807) is 19.2 Å². The molecule has 0 spiro atoms. The van der Waals surface area contributed by atoms with E-state index in [2.05, 4.69) is 203 Å². The van der Waals surface area contributed by atoms with Gasteiger partial charge in [-0.1, -0.05) is 197 Å². The van der Waals surface area contributed by atoms with Gasteiger partial charge < -0.3 is 52.7 Å². The summed E-state index contributed by atoms with van der Waals surface area (Å²) in [4.78, 5) is 9.60. The molecule has 0 saturated heterocycles. The van der Waals surface area contributed by atoms with Gasteiger partial charge in [0.05, 0.1) is 28.4 Å². The first-order valence-corrected chi connectivity index (χ1v) is 36.3. The molecule has 2 N–H and O–H groups in total. The molecule has 13 heteroatoms. The summed E-state index contributed by atoms with van der Waals surface area (Å²) in [6, 6.07) is 33.7. The van der Waals surface area contributed by atoms with E-state index >= 15 is 0 Å². The molecule has 0 saturated carbocycles. The first-order valence-electron chi connectivity index (χ1n) is 36.3. The number of nitrogens with zero attached hydrogens (tertiary/aromatic N) is 4. The lowest BCUT2D eigenvalue weighted by Crippen LogP contribution is -2.22. The molecular formula is C89H115N5O8. The van der Waals surface area contributed by atoms with Crippen LogP contribution in [0.1, 0.15) is 242 Å². The molecule has 0 unspecified atom stereocenters. The van der Waals surface area contributed by atoms with Crippen molar-refractivity contribution in [2.24, 2.45) is 14.1 Å². The highest BCUT2D eigenvalue weighted by molar-refractivity contribution is 5.62. The summed E-state index contributed by atoms with van der Waals surface area (Å²) in [5.41, 5.74) is 18.9. The van der Waals surface area contributed by atoms with Crippen LogP contribution in [-0.4, -0.2) is 65.8 Å². The molecule has 10 rings (SSSR count). The first kappa shape index (κ1) is 76.0. The molecule has 1 aliphatic rings. The van der Waals surface area contributed by atoms with Crippen molar-refractivity contribution in [3.05, 3.63) is 233 Å². The molecule has 0 fully saturated rings. The van der Waals surface area contributed by atoms with Gasteiger partial charge in [-0.3, -0.25) is 0 Å². The molecule has 7 aromatic carbocycles. The summed E-state index contributed by atoms with van der Waals surface area (Å²) >= 11 is 0. The van der Waals surface area contributed by atoms with Gasteiger partial charge in [0.25, 0.3) is 0 Å². The second-order valence-corrected chi connectivity index (χ2v) is 34.4. The highest BCUT2D eigenvalue weighted by Gasteiger charge is 2.32. The number of imidazole rings is 2. The summed E-state index contributed by atoms with van der Waals surface area (Å²) in [5.74, 6) is 7.40. The van der Waals surface area contributed by atoms with E-state index in [1.165, 1.54) is 33.4 Å². The monoisotopic (exact) mass is 1380 g/mol. The largest absolute Gasteiger partial charge is 0.508 e. The van der Waals surface area contributed by atoms with Crippen LogP contribution in [0.3, 0.4) is 0 Å². The van der Waals surface area contributed by atoms with Crippen LogP contribution in [0.4, 0.5) is 0 Å². The average molecular weight is 1380 g/mol. The van der Waals surface area contributed by atoms with E-state index in [0.717, 1.165) is 118 Å². The van der Waals surface area contributed by atoms with Gasteiger partial charge in [0, 0.05) is 96.1 Å². The highest BCUT2D eigenvalue weighted by atomic mass is 16.5. The summed E-state index contributed by atoms with van der Waals surface area (Å²) < 4.78 is 52.3. The fourth-order valence-electron chi connectivity index (χ4n) is 13.9. The highest BCUT2D eigenvalue weighted by Crippen LogP contribution is 2.47. The summed E-state index contributed by atoms with van der Waals surface area (Å²) in [6.07, 6.45) is 10.6. The molecule has 0 atom stereocenters. The smallest absolute Gasteiger partial charge is 0.146 e. The van der Waals surface area contributed by atoms with Crippen molar-refractivity contribution in [2.75, 3.05) is 41.6 Å². The van der Waals surface area contributed by atoms with E-state index in [9.17, 15) is 5.11 Å². The molecule has 0 amide bonds. The van der Waals surface area contributed by atoms with Crippen LogP contribution >= 0.6 is 0 Å². The van der Waals surface area contributed by atoms with Gasteiger partial charge in [-0.2, -0.15) is 0 Å². The van der Waals surface area contributed by atoms with Crippen LogP contribution in [0.2, 0.25) is 0 Å². The van der Waals surface area contributed by atoms with Crippen LogP contribution < -0.4 is 38.5 Å². The molecule has 0 aliphatic heterocycles. The Morgan fingerprint density at radius 3 is 0.863 bits per heavy atom. The predicted octanol–water partition coefficient (Wildman–Crippen LogP) is 18.9. The SMILES string of the molecule is COc1ccc(O)c(CNCCOc2c3cc(C(C)(C)C)cc2Cc2cc(C(C)(C)C)cc(c2OC)Cc2cc(C(C)(C)C)cc(c2OCc2nccn2C)Cc2cc(C(C)(C)C)cc(c2OC)Cc2cc(C(C)(C)C)cc(c2OCc2nccn2C)Cc2cc(C(C)(C)C)cc(c2OC)C3)c1. The van der Waals surface area contributed by atoms with Crippen molar-refractivity contribution in [2.45, 2.75) is 215 Å². The number of phenolic OH excluding ortho intramolecular Hbond substituents is 1. The van der Waals surface area contributed by atoms with Crippen LogP contribution in [0.25, 0.3) is 0 Å². The number of aromatic hydroxyl groups is 1. The third kappa shape index (κ3) is 17.5. The number of fused-ring (bicyclic) bond motifs is 12. The van der Waals surface area contributed by atoms with Gasteiger partial charge in [-0.15, -0.1) is 0 Å². The Labute approximate surface area is 609 Å². The third-order valence-electron chi connectivity index (χ3n) is 20.2. The fourth-order valence-corrected chi connectivity index (χ4v) is 13.9. The maximum Gasteiger partial charge on any atom is 0.146 e. The van der Waals surface area contributed by atoms with Crippen LogP contribution in [-0.2, 0) is 105 Å². The second kappa shape index (κ2) is 30.0. The predicted molar refractivity (Wildman–Crippen MR) is 414 cm³/mol. The number of hydrogen-bond acceptors (Lipinski definition) is 11. The minimum absolute atomic E-state index is 0.203. The molecule has 1 aliphatic carbocycles. The van der Waals surface area contributed by atoms with Gasteiger partial charge in [-0.25, -0.2) is 9.97 Å². The summed E-state index contributed by atoms with van der Waals surface area (Å²) in [6.45, 7) is 43.1. The Kier molecular flexibility index (Phi) is 22.3. The Morgan fingerprint density at radius 1 is 0.363 bits per heavy atom. The van der Waals surface area contributed by atoms with E-state index in [4.69, 9.17) is 43.1 Å². The standard InChI is InChI=1S/C89H115N5O8/c1-84(2,3)68-39-55-33-61-45-71(87(10,11)12)46-62(81(61)100-32-29-90-52-67-51-74(96-21)25-26-75(67)95)34-56-40-69(85(4,5)6)42-58(79(56)98-23)36-64-48-73(89(16,17)18)50-66(83(64)102-54-77-92-28-31-94(77)20)38-60-44-70(86(7,8)9)43-59(80(60)99-24)37-65-49-72(88(13,14)15)47-63(35-57(41-68)78(55)97-22)82(65)101-53-76-91-27-30-93(76)19/h25-28,30-31,39-51,90,95H,29,32-38,52-54H2,1-24H3. The zero-order valence-corrected chi connectivity index (χ0v) is 65.8. The number of phenols is 1. The molecule has 12 bridgehead atoms. The minimum atomic E-state index is -0.267. The van der Waals surface area contributed by atoms with E-state index in [-0.39, 0.29) is 51.5 Å². The molecule has 2 aromatic heterocycles. The zero-order valence-electron chi connectivity index (χ0n) is 65.8. The Balaban J connectivity index is 1.31. The number of rotatable bonds is 16. The maximum absolute atomic E-state index is 11.0. The lowest BCUT2D eigenvalue weighted by molar-refractivity contribution is 0.286. The quantitative estimate of drug-likeness (QED) is 0.0896. The second-order valence-electron chi connectivity index (χ2n) is 34.4. The Morgan fingerprint density at radius 2 is 0.627 bits per heavy atom. The number of ether oxygens (including phenoxy) is 7. The van der Waals surface area contributed by atoms with Gasteiger partial charge in [0.1, 0.15) is 77.5 Å². The zero-order chi connectivity index (χ0) is 74.2. The van der Waals surface area contributed by atoms with Crippen molar-refractivity contribution in [1.82, 2.24) is 24.4 Å². The van der Waals surface area contributed by atoms with Gasteiger partial charge in [-0.05, 0) is 151 Å². The van der Waals surface area contributed by atoms with Crippen molar-refractivity contribution >= 4 is 0 Å². The van der Waals surface area contributed by atoms with Crippen molar-refractivity contribution in [3.63, 3.8) is 0 Å². The first-order chi connectivity index (χ1) is 47.8. The number of benzene rings is 7. The topological polar surface area (TPSA) is 133 Å². The number of hydrogen-bond donors (Lipinski definition) is 2. The number of aryl methyl sites for hydroxylation is 2. The normalized spacial score (nSPS) is 13.3. The molecule has 9 aromatic rings. The minimum Gasteiger partial charge on any atom is -0.508 e.